The predicted octanol–water partition coefficient (Wildman–Crippen LogP) is 26.5. The molecule has 0 aliphatic rings. The van der Waals surface area contributed by atoms with E-state index in [-0.39, 0.29) is 52.1 Å². The van der Waals surface area contributed by atoms with E-state index in [4.69, 9.17) is 5.73 Å². The third-order valence-corrected chi connectivity index (χ3v) is 32.5. The van der Waals surface area contributed by atoms with Gasteiger partial charge in [0.25, 0.3) is 40.1 Å². The van der Waals surface area contributed by atoms with Crippen LogP contribution in [0, 0.1) is 11.6 Å². The normalized spacial score (nSPS) is 12.0. The number of ketones is 2. The molecule has 5 N–H and O–H groups in total. The van der Waals surface area contributed by atoms with Crippen molar-refractivity contribution in [2.45, 2.75) is 78.3 Å². The van der Waals surface area contributed by atoms with E-state index in [0.29, 0.717) is 74.5 Å². The number of Topliss-reactive ketones (excluding diaryl/α,β-unsaturated/α-hetero) is 2. The van der Waals surface area contributed by atoms with Crippen LogP contribution in [0.5, 0.6) is 0 Å². The number of nitrogens with one attached hydrogen (secondary N) is 2. The first-order valence-corrected chi connectivity index (χ1v) is 49.3. The number of alkyl halides is 6. The van der Waals surface area contributed by atoms with Crippen molar-refractivity contribution in [3.8, 4) is 0 Å². The lowest BCUT2D eigenvalue weighted by Crippen LogP contribution is -2.32. The summed E-state index contributed by atoms with van der Waals surface area (Å²) in [6.45, 7) is 4.69. The molecule has 124 heavy (non-hydrogen) atoms. The quantitative estimate of drug-likeness (QED) is 0.0436. The largest absolute Gasteiger partial charge is 0.419 e. The van der Waals surface area contributed by atoms with E-state index in [1.54, 1.807) is 96.3 Å². The number of halogens is 12. The first-order chi connectivity index (χ1) is 58.4. The Hall–Kier alpha value is -9.32. The monoisotopic (exact) mass is 2110 g/mol. The first-order valence-electron chi connectivity index (χ1n) is 36.2. The zero-order valence-electron chi connectivity index (χ0n) is 64.5. The number of fused-ring (bicyclic) bond motifs is 5. The Morgan fingerprint density at radius 3 is 1.16 bits per heavy atom. The predicted molar refractivity (Wildman–Crippen MR) is 497 cm³/mol. The SMILES string of the molecule is CC(=O)c1c(N(Cc2ccc(F)c(C(F)(F)F)c2)S(=O)(=O)c2ccc(Br)cc2)sc2ccccc12.CC(=O)c1c(NS(=O)(=O)c2ccc(Br)cc2)sc2ccccc12.CC(C)(O)c1c(N(Cc2ccc(F)c(C(F)(F)F)c2)S(=O)(=O)c2ccc(Br)cc2)sc2ccccc12.Nc1cc2ccccc2s1.O=S(=O)(Nc1cc2ccccc2s1)c1ccc(Br)cc1. The van der Waals surface area contributed by atoms with Crippen LogP contribution in [0.15, 0.2) is 304 Å². The fraction of sp³-hybridized carbons (Fsp3) is 0.103. The van der Waals surface area contributed by atoms with Crippen LogP contribution in [0.2, 0.25) is 0 Å². The van der Waals surface area contributed by atoms with Crippen LogP contribution >= 0.6 is 120 Å². The van der Waals surface area contributed by atoms with E-state index >= 15 is 0 Å². The Balaban J connectivity index is 0.000000148. The smallest absolute Gasteiger partial charge is 0.391 e. The number of carbonyl (C=O) groups is 2. The molecule has 16 rings (SSSR count). The van der Waals surface area contributed by atoms with E-state index in [9.17, 15) is 83.5 Å². The van der Waals surface area contributed by atoms with Crippen LogP contribution in [0.1, 0.15) is 76.2 Å². The molecule has 5 heterocycles. The van der Waals surface area contributed by atoms with Gasteiger partial charge in [-0.3, -0.25) is 27.6 Å². The maximum atomic E-state index is 13.9. The molecule has 0 radical (unpaired) electrons. The number of anilines is 5. The Morgan fingerprint density at radius 1 is 0.403 bits per heavy atom. The average molecular weight is 2120 g/mol. The number of hydrogen-bond acceptors (Lipinski definition) is 17. The van der Waals surface area contributed by atoms with Gasteiger partial charge >= 0.3 is 12.4 Å². The standard InChI is InChI=1S/C25H20BrF4NO3S2.C24H16BrF4NO3S2.C16H12BrNO3S2.C14H10BrNO2S2.C8H7NS/c1-24(2,32)22-18-5-3-4-6-21(18)35-23(22)31(36(33,34)17-10-8-16(26)9-11-17)14-15-7-12-20(27)19(13-15)25(28,29)30;1-14(31)22-18-4-2-3-5-21(18)34-23(22)30(35(32,33)17-9-7-16(25)8-10-17)13-15-6-11-20(26)19(12-15)24(27,28)29;1-10(19)15-13-4-2-3-5-14(13)22-16(15)18-23(20,21)12-8-6-11(17)7-9-12;15-11-5-7-12(8-6-11)20(17,18)16-14-9-10-3-1-2-4-13(10)19-14;9-8-5-6-3-1-2-4-7(6)10-8/h3-13,32H,14H2,1-2H3;2-12H,13H2,1H3;2-9,18H,1H3;1-9,16H;1-5H,9H2. The third kappa shape index (κ3) is 22.2. The zero-order valence-corrected chi connectivity index (χ0v) is 78.2. The van der Waals surface area contributed by atoms with Gasteiger partial charge in [-0.2, -0.15) is 26.3 Å². The van der Waals surface area contributed by atoms with Crippen molar-refractivity contribution in [1.82, 2.24) is 0 Å². The summed E-state index contributed by atoms with van der Waals surface area (Å²) in [6, 6.07) is 70.2. The second kappa shape index (κ2) is 38.5. The van der Waals surface area contributed by atoms with E-state index in [0.717, 1.165) is 77.5 Å². The summed E-state index contributed by atoms with van der Waals surface area (Å²) >= 11 is 19.5. The lowest BCUT2D eigenvalue weighted by atomic mass is 9.96. The molecule has 0 saturated carbocycles. The summed E-state index contributed by atoms with van der Waals surface area (Å²) in [7, 11) is -15.9. The highest BCUT2D eigenvalue weighted by Crippen LogP contribution is 2.48. The molecule has 0 unspecified atom stereocenters. The number of hydrogen-bond donors (Lipinski definition) is 4. The summed E-state index contributed by atoms with van der Waals surface area (Å²) in [5.41, 5.74) is 1.85. The van der Waals surface area contributed by atoms with Gasteiger partial charge < -0.3 is 10.8 Å². The average Bonchev–Trinajstić information content (AvgIpc) is 1.58. The van der Waals surface area contributed by atoms with Crippen molar-refractivity contribution in [2.75, 3.05) is 23.8 Å². The highest BCUT2D eigenvalue weighted by molar-refractivity contribution is 9.11. The molecule has 16 aromatic rings. The second-order valence-corrected chi connectivity index (χ2v) is 43.6. The Kier molecular flexibility index (Phi) is 29.1. The minimum absolute atomic E-state index is 0.0661. The highest BCUT2D eigenvalue weighted by Gasteiger charge is 2.39. The first kappa shape index (κ1) is 93.8. The summed E-state index contributed by atoms with van der Waals surface area (Å²) in [4.78, 5) is 24.8. The van der Waals surface area contributed by atoms with Crippen molar-refractivity contribution in [1.29, 1.82) is 0 Å². The van der Waals surface area contributed by atoms with Crippen LogP contribution in [-0.4, -0.2) is 50.3 Å². The number of rotatable bonds is 19. The molecule has 0 bridgehead atoms. The number of sulfonamides is 4. The van der Waals surface area contributed by atoms with E-state index < -0.39 is 99.7 Å². The van der Waals surface area contributed by atoms with Gasteiger partial charge in [0.15, 0.2) is 11.6 Å². The van der Waals surface area contributed by atoms with Crippen molar-refractivity contribution < 1.29 is 83.5 Å². The van der Waals surface area contributed by atoms with Gasteiger partial charge in [-0.25, -0.2) is 42.5 Å². The van der Waals surface area contributed by atoms with Crippen LogP contribution in [-0.2, 0) is 71.1 Å². The molecule has 5 aromatic heterocycles. The van der Waals surface area contributed by atoms with Crippen molar-refractivity contribution in [3.63, 3.8) is 0 Å². The molecule has 16 nitrogen and oxygen atoms in total. The van der Waals surface area contributed by atoms with Gasteiger partial charge in [0, 0.05) is 63.1 Å². The fourth-order valence-electron chi connectivity index (χ4n) is 12.6. The Labute approximate surface area is 761 Å². The third-order valence-electron chi connectivity index (χ3n) is 18.2. The molecule has 11 aromatic carbocycles. The summed E-state index contributed by atoms with van der Waals surface area (Å²) in [5.74, 6) is -3.48. The lowest BCUT2D eigenvalue weighted by Gasteiger charge is -2.28. The van der Waals surface area contributed by atoms with Crippen LogP contribution in [0.3, 0.4) is 0 Å². The zero-order chi connectivity index (χ0) is 89.8. The molecule has 0 aliphatic carbocycles. The van der Waals surface area contributed by atoms with E-state index in [2.05, 4.69) is 85.3 Å². The minimum atomic E-state index is -4.96. The molecule has 0 fully saturated rings. The van der Waals surface area contributed by atoms with Crippen LogP contribution in [0.4, 0.5) is 60.1 Å². The lowest BCUT2D eigenvalue weighted by molar-refractivity contribution is -0.140. The number of nitrogens with zero attached hydrogens (tertiary/aromatic N) is 2. The molecule has 0 aliphatic heterocycles. The number of nitrogen functional groups attached to an aromatic ring is 1. The van der Waals surface area contributed by atoms with Crippen LogP contribution < -0.4 is 23.8 Å². The van der Waals surface area contributed by atoms with E-state index in [1.807, 2.05) is 72.8 Å². The fourth-order valence-corrected chi connectivity index (χ4v) is 25.1. The Bertz CT molecular complexity index is 7090. The van der Waals surface area contributed by atoms with Crippen molar-refractivity contribution >= 4 is 247 Å². The van der Waals surface area contributed by atoms with Crippen molar-refractivity contribution in [3.05, 3.63) is 335 Å². The molecular formula is C87H65Br4F8N5O11S9. The maximum absolute atomic E-state index is 13.9. The van der Waals surface area contributed by atoms with Gasteiger partial charge in [0.05, 0.1) is 65.5 Å². The van der Waals surface area contributed by atoms with Gasteiger partial charge in [-0.05, 0) is 213 Å². The van der Waals surface area contributed by atoms with Gasteiger partial charge in [0.2, 0.25) is 0 Å². The Morgan fingerprint density at radius 2 is 0.750 bits per heavy atom. The number of benzene rings is 11. The number of thiophene rings is 5. The second-order valence-electron chi connectivity index (χ2n) is 27.5. The summed E-state index contributed by atoms with van der Waals surface area (Å²) < 4.78 is 227. The molecule has 0 atom stereocenters. The van der Waals surface area contributed by atoms with E-state index in [1.165, 1.54) is 121 Å². The topological polar surface area (TPSA) is 247 Å². The maximum Gasteiger partial charge on any atom is 0.419 e. The highest BCUT2D eigenvalue weighted by atomic mass is 79.9. The summed E-state index contributed by atoms with van der Waals surface area (Å²) in [6.07, 6.45) is -9.91. The van der Waals surface area contributed by atoms with Gasteiger partial charge in [-0.15, -0.1) is 56.7 Å². The number of carbonyl (C=O) groups excluding carboxylic acids is 2. The van der Waals surface area contributed by atoms with Crippen molar-refractivity contribution in [2.24, 2.45) is 0 Å². The molecule has 0 saturated heterocycles. The molecular weight excluding hydrogens is 2050 g/mol. The summed E-state index contributed by atoms with van der Waals surface area (Å²) in [5, 5.41) is 17.3. The van der Waals surface area contributed by atoms with Gasteiger partial charge in [-0.1, -0.05) is 167 Å². The number of nitrogens with two attached hydrogens (primary N) is 1. The molecule has 0 spiro atoms. The molecule has 0 amide bonds. The molecule has 37 heteroatoms. The van der Waals surface area contributed by atoms with Gasteiger partial charge in [0.1, 0.15) is 31.6 Å². The number of aliphatic hydroxyl groups is 1. The van der Waals surface area contributed by atoms with Crippen LogP contribution in [0.25, 0.3) is 50.4 Å². The minimum Gasteiger partial charge on any atom is -0.391 e. The molecule has 642 valence electrons.